The molecule has 0 radical (unpaired) electrons. The van der Waals surface area contributed by atoms with Gasteiger partial charge < -0.3 is 14.9 Å². The number of hydrogen-bond donors (Lipinski definition) is 2. The molecule has 20 heavy (non-hydrogen) atoms. The number of pyridine rings is 1. The number of nitrogens with zero attached hydrogens (tertiary/aromatic N) is 1. The molecule has 5 nitrogen and oxygen atoms in total. The zero-order valence-electron chi connectivity index (χ0n) is 9.21. The summed E-state index contributed by atoms with van der Waals surface area (Å²) in [5.74, 6) is -4.54. The van der Waals surface area contributed by atoms with E-state index in [4.69, 9.17) is 5.11 Å². The zero-order chi connectivity index (χ0) is 15.7. The topological polar surface area (TPSA) is 79.7 Å². The Hall–Kier alpha value is -2.20. The first-order chi connectivity index (χ1) is 8.90. The number of aromatic hydroxyl groups is 1. The number of aromatic nitrogens is 1. The molecule has 0 saturated carbocycles. The summed E-state index contributed by atoms with van der Waals surface area (Å²) in [7, 11) is 0. The molecule has 112 valence electrons. The van der Waals surface area contributed by atoms with E-state index in [0.717, 1.165) is 0 Å². The molecule has 1 aromatic heterocycles. The van der Waals surface area contributed by atoms with Crippen molar-refractivity contribution in [3.8, 4) is 11.5 Å². The van der Waals surface area contributed by atoms with Crippen LogP contribution in [-0.2, 0) is 17.4 Å². The Balaban J connectivity index is 3.37. The van der Waals surface area contributed by atoms with Gasteiger partial charge in [0, 0.05) is 6.07 Å². The Kier molecular flexibility index (Phi) is 4.01. The summed E-state index contributed by atoms with van der Waals surface area (Å²) in [6.45, 7) is 0. The molecular formula is C9H5F6NO4. The van der Waals surface area contributed by atoms with E-state index in [0.29, 0.717) is 0 Å². The molecule has 11 heteroatoms. The van der Waals surface area contributed by atoms with Crippen LogP contribution in [0.4, 0.5) is 26.3 Å². The lowest BCUT2D eigenvalue weighted by Gasteiger charge is -2.16. The molecule has 0 aliphatic rings. The second kappa shape index (κ2) is 5.06. The standard InChI is InChI=1S/C9H5F6NO4/c10-8(11,12)7-5(20-9(13,14)15)2-4(17)3(16-7)1-6(18)19/h2,17H,1H2,(H,18,19). The van der Waals surface area contributed by atoms with Crippen molar-refractivity contribution in [2.24, 2.45) is 0 Å². The summed E-state index contributed by atoms with van der Waals surface area (Å²) in [6, 6.07) is 0.0155. The zero-order valence-corrected chi connectivity index (χ0v) is 9.21. The van der Waals surface area contributed by atoms with E-state index in [9.17, 15) is 36.2 Å². The van der Waals surface area contributed by atoms with Gasteiger partial charge in [0.1, 0.15) is 5.75 Å². The minimum Gasteiger partial charge on any atom is -0.506 e. The smallest absolute Gasteiger partial charge is 0.506 e. The lowest BCUT2D eigenvalue weighted by atomic mass is 10.2. The normalized spacial score (nSPS) is 12.3. The summed E-state index contributed by atoms with van der Waals surface area (Å²) in [4.78, 5) is 13.0. The van der Waals surface area contributed by atoms with Crippen molar-refractivity contribution in [2.75, 3.05) is 0 Å². The number of carboxylic acids is 1. The highest BCUT2D eigenvalue weighted by molar-refractivity contribution is 5.70. The highest BCUT2D eigenvalue weighted by Crippen LogP contribution is 2.39. The molecule has 0 bridgehead atoms. The van der Waals surface area contributed by atoms with Gasteiger partial charge in [-0.1, -0.05) is 0 Å². The van der Waals surface area contributed by atoms with E-state index >= 15 is 0 Å². The van der Waals surface area contributed by atoms with Gasteiger partial charge in [-0.25, -0.2) is 4.98 Å². The van der Waals surface area contributed by atoms with E-state index in [2.05, 4.69) is 9.72 Å². The first-order valence-corrected chi connectivity index (χ1v) is 4.68. The lowest BCUT2D eigenvalue weighted by molar-refractivity contribution is -0.276. The van der Waals surface area contributed by atoms with Gasteiger partial charge >= 0.3 is 18.5 Å². The molecule has 0 unspecified atom stereocenters. The predicted molar refractivity (Wildman–Crippen MR) is 48.9 cm³/mol. The molecule has 0 aromatic carbocycles. The maximum Gasteiger partial charge on any atom is 0.573 e. The summed E-state index contributed by atoms with van der Waals surface area (Å²) in [6.07, 6.45) is -11.8. The molecule has 0 saturated heterocycles. The summed E-state index contributed by atoms with van der Waals surface area (Å²) < 4.78 is 76.6. The van der Waals surface area contributed by atoms with Crippen LogP contribution in [0.5, 0.6) is 11.5 Å². The minimum atomic E-state index is -5.43. The van der Waals surface area contributed by atoms with Crippen molar-refractivity contribution >= 4 is 5.97 Å². The quantitative estimate of drug-likeness (QED) is 0.838. The molecule has 0 fully saturated rings. The van der Waals surface area contributed by atoms with Crippen LogP contribution in [0.1, 0.15) is 11.4 Å². The largest absolute Gasteiger partial charge is 0.573 e. The fraction of sp³-hybridized carbons (Fsp3) is 0.333. The lowest BCUT2D eigenvalue weighted by Crippen LogP contribution is -2.21. The number of hydrogen-bond acceptors (Lipinski definition) is 4. The Morgan fingerprint density at radius 2 is 1.80 bits per heavy atom. The molecule has 1 heterocycles. The number of rotatable bonds is 3. The average molecular weight is 305 g/mol. The van der Waals surface area contributed by atoms with Gasteiger partial charge in [0.2, 0.25) is 0 Å². The molecule has 0 aliphatic carbocycles. The van der Waals surface area contributed by atoms with Crippen molar-refractivity contribution in [3.63, 3.8) is 0 Å². The third-order valence-corrected chi connectivity index (χ3v) is 1.86. The van der Waals surface area contributed by atoms with Gasteiger partial charge in [0.25, 0.3) is 0 Å². The number of carbonyl (C=O) groups is 1. The first-order valence-electron chi connectivity index (χ1n) is 4.68. The molecule has 0 spiro atoms. The Morgan fingerprint density at radius 3 is 2.20 bits per heavy atom. The fourth-order valence-electron chi connectivity index (χ4n) is 1.20. The first kappa shape index (κ1) is 15.9. The van der Waals surface area contributed by atoms with Crippen LogP contribution >= 0.6 is 0 Å². The predicted octanol–water partition coefficient (Wildman–Crippen LogP) is 2.33. The van der Waals surface area contributed by atoms with Crippen molar-refractivity contribution in [2.45, 2.75) is 19.0 Å². The Bertz CT molecular complexity index is 524. The van der Waals surface area contributed by atoms with Crippen molar-refractivity contribution in [1.29, 1.82) is 0 Å². The number of ether oxygens (including phenoxy) is 1. The van der Waals surface area contributed by atoms with Crippen LogP contribution in [0, 0.1) is 0 Å². The number of aliphatic carboxylic acids is 1. The summed E-state index contributed by atoms with van der Waals surface area (Å²) in [5, 5.41) is 17.6. The van der Waals surface area contributed by atoms with E-state index in [1.807, 2.05) is 0 Å². The number of carboxylic acid groups (broad SMARTS) is 1. The maximum atomic E-state index is 12.5. The van der Waals surface area contributed by atoms with Crippen LogP contribution in [0.25, 0.3) is 0 Å². The van der Waals surface area contributed by atoms with Crippen molar-refractivity contribution < 1.29 is 46.1 Å². The van der Waals surface area contributed by atoms with Crippen LogP contribution in [0.15, 0.2) is 6.07 Å². The average Bonchev–Trinajstić information content (AvgIpc) is 2.17. The second-order valence-corrected chi connectivity index (χ2v) is 3.42. The van der Waals surface area contributed by atoms with E-state index in [1.54, 1.807) is 0 Å². The highest BCUT2D eigenvalue weighted by atomic mass is 19.4. The Labute approximate surface area is 106 Å². The van der Waals surface area contributed by atoms with Gasteiger partial charge in [-0.2, -0.15) is 13.2 Å². The van der Waals surface area contributed by atoms with Gasteiger partial charge in [-0.15, -0.1) is 13.2 Å². The maximum absolute atomic E-state index is 12.5. The van der Waals surface area contributed by atoms with Gasteiger partial charge in [-0.3, -0.25) is 4.79 Å². The van der Waals surface area contributed by atoms with Crippen LogP contribution < -0.4 is 4.74 Å². The molecule has 1 rings (SSSR count). The highest BCUT2D eigenvalue weighted by Gasteiger charge is 2.41. The molecule has 2 N–H and O–H groups in total. The van der Waals surface area contributed by atoms with Gasteiger partial charge in [-0.05, 0) is 0 Å². The van der Waals surface area contributed by atoms with Crippen molar-refractivity contribution in [1.82, 2.24) is 4.98 Å². The van der Waals surface area contributed by atoms with E-state index in [1.165, 1.54) is 0 Å². The molecule has 0 amide bonds. The Morgan fingerprint density at radius 1 is 1.25 bits per heavy atom. The van der Waals surface area contributed by atoms with Crippen LogP contribution in [0.3, 0.4) is 0 Å². The number of alkyl halides is 6. The summed E-state index contributed by atoms with van der Waals surface area (Å²) >= 11 is 0. The van der Waals surface area contributed by atoms with E-state index < -0.39 is 47.8 Å². The molecule has 1 aromatic rings. The van der Waals surface area contributed by atoms with Gasteiger partial charge in [0.15, 0.2) is 11.4 Å². The monoisotopic (exact) mass is 305 g/mol. The number of halogens is 6. The van der Waals surface area contributed by atoms with Crippen LogP contribution in [-0.4, -0.2) is 27.5 Å². The van der Waals surface area contributed by atoms with Crippen molar-refractivity contribution in [3.05, 3.63) is 17.5 Å². The van der Waals surface area contributed by atoms with E-state index in [-0.39, 0.29) is 6.07 Å². The minimum absolute atomic E-state index is 0.0155. The third kappa shape index (κ3) is 4.17. The second-order valence-electron chi connectivity index (χ2n) is 3.42. The third-order valence-electron chi connectivity index (χ3n) is 1.86. The molecule has 0 aliphatic heterocycles. The molecule has 0 atom stereocenters. The molecular weight excluding hydrogens is 300 g/mol. The SMILES string of the molecule is O=C(O)Cc1nc(C(F)(F)F)c(OC(F)(F)F)cc1O. The summed E-state index contributed by atoms with van der Waals surface area (Å²) in [5.41, 5.74) is -3.01. The van der Waals surface area contributed by atoms with Gasteiger partial charge in [0.05, 0.1) is 12.1 Å². The fourth-order valence-corrected chi connectivity index (χ4v) is 1.20. The van der Waals surface area contributed by atoms with Crippen LogP contribution in [0.2, 0.25) is 0 Å².